The Morgan fingerprint density at radius 3 is 1.31 bits per heavy atom. The van der Waals surface area contributed by atoms with Crippen molar-refractivity contribution in [1.82, 2.24) is 9.80 Å². The summed E-state index contributed by atoms with van der Waals surface area (Å²) in [6.45, 7) is 3.57. The van der Waals surface area contributed by atoms with Gasteiger partial charge in [-0.15, -0.1) is 23.5 Å². The minimum Gasteiger partial charge on any atom is -0.320 e. The molecule has 0 aromatic carbocycles. The molecule has 0 N–H and O–H groups in total. The van der Waals surface area contributed by atoms with Crippen LogP contribution in [0.4, 0.5) is 0 Å². The number of amides is 2. The highest BCUT2D eigenvalue weighted by molar-refractivity contribution is 8.01. The van der Waals surface area contributed by atoms with Gasteiger partial charge in [0.15, 0.2) is 9.74 Å². The van der Waals surface area contributed by atoms with Crippen LogP contribution in [-0.4, -0.2) is 58.0 Å². The molecule has 0 unspecified atom stereocenters. The van der Waals surface area contributed by atoms with E-state index in [9.17, 15) is 9.59 Å². The van der Waals surface area contributed by atoms with Gasteiger partial charge in [0, 0.05) is 14.1 Å². The minimum absolute atomic E-state index is 0.0287. The van der Waals surface area contributed by atoms with Crippen molar-refractivity contribution in [3.63, 3.8) is 0 Å². The maximum Gasteiger partial charge on any atom is 0.260 e. The maximum absolute atomic E-state index is 12.3. The Bertz CT molecular complexity index is 305. The standard InChI is InChI=1S/C10H18N2O2S2/c1-9(15-5)7(13)12(4)10(2,16-6)8(14)11(9)3/h1-6H3/t9-,10+. The van der Waals surface area contributed by atoms with Crippen LogP contribution in [-0.2, 0) is 9.59 Å². The summed E-state index contributed by atoms with van der Waals surface area (Å²) in [5.74, 6) is -0.0575. The molecule has 0 radical (unpaired) electrons. The van der Waals surface area contributed by atoms with Crippen LogP contribution >= 0.6 is 23.5 Å². The van der Waals surface area contributed by atoms with Gasteiger partial charge in [-0.3, -0.25) is 9.59 Å². The second kappa shape index (κ2) is 4.14. The Labute approximate surface area is 105 Å². The lowest BCUT2D eigenvalue weighted by atomic mass is 10.1. The Balaban J connectivity index is 3.25. The highest BCUT2D eigenvalue weighted by atomic mass is 32.2. The summed E-state index contributed by atoms with van der Waals surface area (Å²) in [5.41, 5.74) is 0. The molecular weight excluding hydrogens is 244 g/mol. The number of hydrogen-bond acceptors (Lipinski definition) is 4. The van der Waals surface area contributed by atoms with Gasteiger partial charge in [0.25, 0.3) is 11.8 Å². The molecule has 1 saturated heterocycles. The predicted molar refractivity (Wildman–Crippen MR) is 69.4 cm³/mol. The monoisotopic (exact) mass is 262 g/mol. The zero-order chi connectivity index (χ0) is 12.7. The molecule has 0 bridgehead atoms. The predicted octanol–water partition coefficient (Wildman–Crippen LogP) is 1.08. The normalized spacial score (nSPS) is 35.9. The van der Waals surface area contributed by atoms with E-state index in [1.807, 2.05) is 12.5 Å². The molecule has 1 heterocycles. The molecular formula is C10H18N2O2S2. The summed E-state index contributed by atoms with van der Waals surface area (Å²) in [5, 5.41) is 0. The average molecular weight is 262 g/mol. The van der Waals surface area contributed by atoms with Gasteiger partial charge in [0.05, 0.1) is 0 Å². The lowest BCUT2D eigenvalue weighted by Crippen LogP contribution is -2.70. The molecule has 16 heavy (non-hydrogen) atoms. The molecule has 2 atom stereocenters. The first-order valence-corrected chi connectivity index (χ1v) is 7.37. The number of likely N-dealkylation sites (N-methyl/N-ethyl adjacent to an activating group) is 2. The van der Waals surface area contributed by atoms with Gasteiger partial charge in [-0.1, -0.05) is 0 Å². The number of piperazine rings is 1. The minimum atomic E-state index is -0.791. The molecule has 4 nitrogen and oxygen atoms in total. The highest BCUT2D eigenvalue weighted by Gasteiger charge is 2.56. The Hall–Kier alpha value is -0.360. The lowest BCUT2D eigenvalue weighted by molar-refractivity contribution is -0.161. The third-order valence-electron chi connectivity index (χ3n) is 3.48. The van der Waals surface area contributed by atoms with Crippen LogP contribution in [0.1, 0.15) is 13.8 Å². The average Bonchev–Trinajstić information content (AvgIpc) is 2.31. The number of hydrogen-bond donors (Lipinski definition) is 0. The number of thioether (sulfide) groups is 2. The van der Waals surface area contributed by atoms with Crippen molar-refractivity contribution < 1.29 is 9.59 Å². The quantitative estimate of drug-likeness (QED) is 0.746. The molecule has 0 saturated carbocycles. The van der Waals surface area contributed by atoms with Crippen molar-refractivity contribution >= 4 is 35.3 Å². The SMILES string of the molecule is CS[C@@]1(C)C(=O)N(C)[C@](C)(SC)C(=O)N1C. The Morgan fingerprint density at radius 1 is 0.875 bits per heavy atom. The van der Waals surface area contributed by atoms with Gasteiger partial charge in [0.1, 0.15) is 0 Å². The van der Waals surface area contributed by atoms with Gasteiger partial charge >= 0.3 is 0 Å². The molecule has 0 aromatic heterocycles. The fourth-order valence-corrected chi connectivity index (χ4v) is 3.08. The molecule has 2 amide bonds. The van der Waals surface area contributed by atoms with Crippen LogP contribution in [0.2, 0.25) is 0 Å². The van der Waals surface area contributed by atoms with E-state index in [2.05, 4.69) is 0 Å². The van der Waals surface area contributed by atoms with Crippen LogP contribution in [0.15, 0.2) is 0 Å². The fraction of sp³-hybridized carbons (Fsp3) is 0.800. The van der Waals surface area contributed by atoms with Crippen molar-refractivity contribution in [2.24, 2.45) is 0 Å². The Morgan fingerprint density at radius 2 is 1.12 bits per heavy atom. The molecule has 0 aromatic rings. The zero-order valence-corrected chi connectivity index (χ0v) is 12.2. The van der Waals surface area contributed by atoms with Gasteiger partial charge in [-0.25, -0.2) is 0 Å². The summed E-state index contributed by atoms with van der Waals surface area (Å²) in [7, 11) is 3.39. The van der Waals surface area contributed by atoms with E-state index >= 15 is 0 Å². The number of carbonyl (C=O) groups is 2. The zero-order valence-electron chi connectivity index (χ0n) is 10.5. The van der Waals surface area contributed by atoms with Gasteiger partial charge in [-0.2, -0.15) is 0 Å². The van der Waals surface area contributed by atoms with E-state index in [0.29, 0.717) is 0 Å². The van der Waals surface area contributed by atoms with Crippen LogP contribution < -0.4 is 0 Å². The molecule has 1 aliphatic heterocycles. The van der Waals surface area contributed by atoms with E-state index < -0.39 is 9.74 Å². The Kier molecular flexibility index (Phi) is 3.55. The topological polar surface area (TPSA) is 40.6 Å². The van der Waals surface area contributed by atoms with E-state index in [1.54, 1.807) is 37.7 Å². The van der Waals surface area contributed by atoms with Crippen molar-refractivity contribution in [3.05, 3.63) is 0 Å². The largest absolute Gasteiger partial charge is 0.320 e. The summed E-state index contributed by atoms with van der Waals surface area (Å²) in [6, 6.07) is 0. The van der Waals surface area contributed by atoms with Crippen molar-refractivity contribution in [1.29, 1.82) is 0 Å². The second-order valence-electron chi connectivity index (χ2n) is 4.10. The van der Waals surface area contributed by atoms with Gasteiger partial charge < -0.3 is 9.80 Å². The van der Waals surface area contributed by atoms with Gasteiger partial charge in [-0.05, 0) is 26.4 Å². The molecule has 0 aliphatic carbocycles. The summed E-state index contributed by atoms with van der Waals surface area (Å²) in [4.78, 5) is 26.1. The second-order valence-corrected chi connectivity index (χ2v) is 6.51. The summed E-state index contributed by atoms with van der Waals surface area (Å²) >= 11 is 2.78. The van der Waals surface area contributed by atoms with Crippen LogP contribution in [0.25, 0.3) is 0 Å². The van der Waals surface area contributed by atoms with E-state index in [0.717, 1.165) is 0 Å². The maximum atomic E-state index is 12.3. The molecule has 1 fully saturated rings. The van der Waals surface area contributed by atoms with E-state index in [1.165, 1.54) is 23.5 Å². The van der Waals surface area contributed by atoms with Crippen molar-refractivity contribution in [3.8, 4) is 0 Å². The molecule has 1 aliphatic rings. The summed E-state index contributed by atoms with van der Waals surface area (Å²) in [6.07, 6.45) is 3.69. The van der Waals surface area contributed by atoms with E-state index in [4.69, 9.17) is 0 Å². The number of nitrogens with zero attached hydrogens (tertiary/aromatic N) is 2. The van der Waals surface area contributed by atoms with Crippen LogP contribution in [0, 0.1) is 0 Å². The first kappa shape index (κ1) is 13.7. The number of rotatable bonds is 2. The smallest absolute Gasteiger partial charge is 0.260 e. The lowest BCUT2D eigenvalue weighted by Gasteiger charge is -2.51. The first-order chi connectivity index (χ1) is 7.25. The number of carbonyl (C=O) groups excluding carboxylic acids is 2. The van der Waals surface area contributed by atoms with Crippen LogP contribution in [0.5, 0.6) is 0 Å². The van der Waals surface area contributed by atoms with Gasteiger partial charge in [0.2, 0.25) is 0 Å². The van der Waals surface area contributed by atoms with E-state index in [-0.39, 0.29) is 11.8 Å². The fourth-order valence-electron chi connectivity index (χ4n) is 1.75. The third-order valence-corrected chi connectivity index (χ3v) is 5.96. The highest BCUT2D eigenvalue weighted by Crippen LogP contribution is 2.41. The first-order valence-electron chi connectivity index (χ1n) is 4.92. The van der Waals surface area contributed by atoms with Crippen LogP contribution in [0.3, 0.4) is 0 Å². The van der Waals surface area contributed by atoms with Crippen molar-refractivity contribution in [2.75, 3.05) is 26.6 Å². The molecule has 92 valence electrons. The molecule has 0 spiro atoms. The molecule has 1 rings (SSSR count). The summed E-state index contributed by atoms with van der Waals surface area (Å²) < 4.78 is 0. The third kappa shape index (κ3) is 1.54. The van der Waals surface area contributed by atoms with Crippen molar-refractivity contribution in [2.45, 2.75) is 23.6 Å². The molecule has 6 heteroatoms.